The van der Waals surface area contributed by atoms with Crippen LogP contribution in [0.2, 0.25) is 5.02 Å². The van der Waals surface area contributed by atoms with Crippen molar-refractivity contribution in [1.29, 1.82) is 0 Å². The Morgan fingerprint density at radius 1 is 1.12 bits per heavy atom. The molecule has 0 saturated heterocycles. The number of rotatable bonds is 9. The molecule has 0 unspecified atom stereocenters. The normalized spacial score (nSPS) is 11.6. The lowest BCUT2D eigenvalue weighted by Crippen LogP contribution is -2.33. The number of thiazole rings is 1. The molecule has 0 aliphatic rings. The fraction of sp³-hybridized carbons (Fsp3) is 0.391. The second-order valence-electron chi connectivity index (χ2n) is 8.16. The van der Waals surface area contributed by atoms with E-state index in [0.29, 0.717) is 33.5 Å². The van der Waals surface area contributed by atoms with Crippen LogP contribution in [-0.4, -0.2) is 63.8 Å². The highest BCUT2D eigenvalue weighted by Crippen LogP contribution is 2.39. The zero-order valence-corrected chi connectivity index (χ0v) is 22.9. The molecule has 1 aromatic heterocycles. The molecule has 0 spiro atoms. The number of hydrogen-bond donors (Lipinski definition) is 0. The number of halogens is 2. The first-order valence-electron chi connectivity index (χ1n) is 10.5. The summed E-state index contributed by atoms with van der Waals surface area (Å²) >= 11 is 7.71. The Morgan fingerprint density at radius 2 is 1.76 bits per heavy atom. The second kappa shape index (κ2) is 11.7. The fourth-order valence-electron chi connectivity index (χ4n) is 3.27. The van der Waals surface area contributed by atoms with E-state index in [1.807, 2.05) is 19.0 Å². The van der Waals surface area contributed by atoms with Crippen molar-refractivity contribution in [3.63, 3.8) is 0 Å². The third-order valence-corrected chi connectivity index (χ3v) is 8.89. The van der Waals surface area contributed by atoms with Crippen LogP contribution in [0, 0.1) is 0 Å². The first-order valence-corrected chi connectivity index (χ1v) is 13.2. The van der Waals surface area contributed by atoms with E-state index < -0.39 is 15.1 Å². The van der Waals surface area contributed by atoms with Crippen LogP contribution in [-0.2, 0) is 9.84 Å². The van der Waals surface area contributed by atoms with E-state index in [2.05, 4.69) is 4.98 Å². The number of carbonyl (C=O) groups excluding carboxylic acids is 1. The Kier molecular flexibility index (Phi) is 9.73. The molecule has 0 fully saturated rings. The van der Waals surface area contributed by atoms with Gasteiger partial charge in [0.15, 0.2) is 15.0 Å². The number of methoxy groups -OCH3 is 1. The number of anilines is 1. The summed E-state index contributed by atoms with van der Waals surface area (Å²) < 4.78 is 31.0. The lowest BCUT2D eigenvalue weighted by molar-refractivity contribution is 0.0986. The molecule has 2 aromatic carbocycles. The van der Waals surface area contributed by atoms with Crippen LogP contribution in [0.4, 0.5) is 5.13 Å². The van der Waals surface area contributed by atoms with Gasteiger partial charge in [-0.15, -0.1) is 12.4 Å². The Labute approximate surface area is 216 Å². The molecule has 0 atom stereocenters. The second-order valence-corrected chi connectivity index (χ2v) is 12.0. The molecule has 11 heteroatoms. The molecular weight excluding hydrogens is 517 g/mol. The van der Waals surface area contributed by atoms with E-state index in [-0.39, 0.29) is 23.2 Å². The van der Waals surface area contributed by atoms with E-state index in [1.165, 1.54) is 23.5 Å². The smallest absolute Gasteiger partial charge is 0.260 e. The van der Waals surface area contributed by atoms with Gasteiger partial charge in [0.1, 0.15) is 11.3 Å². The molecule has 0 aliphatic carbocycles. The summed E-state index contributed by atoms with van der Waals surface area (Å²) in [7, 11) is 2.10. The topological polar surface area (TPSA) is 79.8 Å². The molecule has 186 valence electrons. The maximum atomic E-state index is 13.5. The van der Waals surface area contributed by atoms with Crippen molar-refractivity contribution in [2.45, 2.75) is 30.4 Å². The largest absolute Gasteiger partial charge is 0.494 e. The molecular formula is C23H29Cl2N3O4S2. The monoisotopic (exact) mass is 545 g/mol. The third kappa shape index (κ3) is 6.01. The molecule has 7 nitrogen and oxygen atoms in total. The van der Waals surface area contributed by atoms with Crippen molar-refractivity contribution < 1.29 is 17.9 Å². The number of ether oxygens (including phenoxy) is 1. The van der Waals surface area contributed by atoms with Crippen molar-refractivity contribution in [3.05, 3.63) is 47.0 Å². The highest BCUT2D eigenvalue weighted by Gasteiger charge is 2.24. The SMILES string of the molecule is COc1ccc(Cl)c2sc(N(CCCN(C)C)C(=O)c3ccc(S(=O)(=O)C(C)C)cc3)nc12.Cl. The van der Waals surface area contributed by atoms with Crippen LogP contribution < -0.4 is 9.64 Å². The van der Waals surface area contributed by atoms with Gasteiger partial charge in [-0.1, -0.05) is 22.9 Å². The van der Waals surface area contributed by atoms with Gasteiger partial charge in [-0.2, -0.15) is 0 Å². The summed E-state index contributed by atoms with van der Waals surface area (Å²) in [5.41, 5.74) is 0.994. The maximum absolute atomic E-state index is 13.5. The summed E-state index contributed by atoms with van der Waals surface area (Å²) in [6.45, 7) is 4.51. The molecule has 0 saturated carbocycles. The van der Waals surface area contributed by atoms with E-state index in [1.54, 1.807) is 50.1 Å². The van der Waals surface area contributed by atoms with Gasteiger partial charge in [0, 0.05) is 12.1 Å². The predicted molar refractivity (Wildman–Crippen MR) is 142 cm³/mol. The van der Waals surface area contributed by atoms with Crippen molar-refractivity contribution in [1.82, 2.24) is 9.88 Å². The van der Waals surface area contributed by atoms with Gasteiger partial charge in [-0.3, -0.25) is 9.69 Å². The van der Waals surface area contributed by atoms with Crippen LogP contribution >= 0.6 is 35.3 Å². The molecule has 1 heterocycles. The number of benzene rings is 2. The van der Waals surface area contributed by atoms with Crippen LogP contribution in [0.1, 0.15) is 30.6 Å². The number of aromatic nitrogens is 1. The van der Waals surface area contributed by atoms with Gasteiger partial charge in [0.05, 0.1) is 27.0 Å². The molecule has 1 amide bonds. The standard InChI is InChI=1S/C23H28ClN3O4S2.ClH/c1-15(2)33(29,30)17-9-7-16(8-10-17)22(28)27(14-6-13-26(3)4)23-25-20-19(31-5)12-11-18(24)21(20)32-23;/h7-12,15H,6,13-14H2,1-5H3;1H. The zero-order chi connectivity index (χ0) is 24.3. The van der Waals surface area contributed by atoms with Crippen molar-refractivity contribution >= 4 is 66.4 Å². The minimum Gasteiger partial charge on any atom is -0.494 e. The molecule has 0 aliphatic heterocycles. The molecule has 34 heavy (non-hydrogen) atoms. The number of hydrogen-bond acceptors (Lipinski definition) is 7. The fourth-order valence-corrected chi connectivity index (χ4v) is 5.61. The summed E-state index contributed by atoms with van der Waals surface area (Å²) in [6, 6.07) is 9.57. The van der Waals surface area contributed by atoms with Gasteiger partial charge in [-0.05, 0) is 77.3 Å². The lowest BCUT2D eigenvalue weighted by Gasteiger charge is -2.21. The Balaban J connectivity index is 0.00000408. The highest BCUT2D eigenvalue weighted by atomic mass is 35.5. The van der Waals surface area contributed by atoms with Crippen LogP contribution in [0.3, 0.4) is 0 Å². The van der Waals surface area contributed by atoms with Crippen molar-refractivity contribution in [2.75, 3.05) is 39.2 Å². The average molecular weight is 547 g/mol. The van der Waals surface area contributed by atoms with Gasteiger partial charge in [0.25, 0.3) is 5.91 Å². The Bertz CT molecular complexity index is 1240. The van der Waals surface area contributed by atoms with E-state index in [0.717, 1.165) is 17.7 Å². The number of carbonyl (C=O) groups is 1. The van der Waals surface area contributed by atoms with Crippen LogP contribution in [0.25, 0.3) is 10.2 Å². The third-order valence-electron chi connectivity index (χ3n) is 5.18. The first kappa shape index (κ1) is 28.3. The molecule has 0 N–H and O–H groups in total. The van der Waals surface area contributed by atoms with E-state index in [9.17, 15) is 13.2 Å². The highest BCUT2D eigenvalue weighted by molar-refractivity contribution is 7.92. The summed E-state index contributed by atoms with van der Waals surface area (Å²) in [5, 5.41) is 0.515. The Hall–Kier alpha value is -1.91. The van der Waals surface area contributed by atoms with Crippen LogP contribution in [0.15, 0.2) is 41.3 Å². The van der Waals surface area contributed by atoms with Crippen molar-refractivity contribution in [3.8, 4) is 5.75 Å². The first-order chi connectivity index (χ1) is 15.6. The van der Waals surface area contributed by atoms with Gasteiger partial charge >= 0.3 is 0 Å². The minimum atomic E-state index is -3.41. The predicted octanol–water partition coefficient (Wildman–Crippen LogP) is 5.16. The Morgan fingerprint density at radius 3 is 2.32 bits per heavy atom. The summed E-state index contributed by atoms with van der Waals surface area (Å²) in [4.78, 5) is 22.0. The number of nitrogens with zero attached hydrogens (tertiary/aromatic N) is 3. The molecule has 0 radical (unpaired) electrons. The van der Waals surface area contributed by atoms with E-state index in [4.69, 9.17) is 16.3 Å². The molecule has 3 rings (SSSR count). The number of amides is 1. The maximum Gasteiger partial charge on any atom is 0.260 e. The minimum absolute atomic E-state index is 0. The van der Waals surface area contributed by atoms with Crippen LogP contribution in [0.5, 0.6) is 5.75 Å². The lowest BCUT2D eigenvalue weighted by atomic mass is 10.2. The zero-order valence-electron chi connectivity index (χ0n) is 19.7. The average Bonchev–Trinajstić information content (AvgIpc) is 3.22. The number of sulfone groups is 1. The van der Waals surface area contributed by atoms with E-state index >= 15 is 0 Å². The summed E-state index contributed by atoms with van der Waals surface area (Å²) in [5.74, 6) is 0.331. The molecule has 0 bridgehead atoms. The molecule has 3 aromatic rings. The number of fused-ring (bicyclic) bond motifs is 1. The van der Waals surface area contributed by atoms with Gasteiger partial charge < -0.3 is 9.64 Å². The van der Waals surface area contributed by atoms with Crippen molar-refractivity contribution in [2.24, 2.45) is 0 Å². The summed E-state index contributed by atoms with van der Waals surface area (Å²) in [6.07, 6.45) is 0.735. The van der Waals surface area contributed by atoms with Gasteiger partial charge in [0.2, 0.25) is 0 Å². The van der Waals surface area contributed by atoms with Gasteiger partial charge in [-0.25, -0.2) is 13.4 Å². The quantitative estimate of drug-likeness (QED) is 0.369.